The number of morpholine rings is 1. The standard InChI is InChI=1S/C12H23NO3/c1-4-11-9-15-7-6-13(11)10(3)8-12(14)16-5-2/h10-11H,4-9H2,1-3H3. The molecule has 0 aromatic rings. The predicted octanol–water partition coefficient (Wildman–Crippen LogP) is 1.44. The second-order valence-corrected chi connectivity index (χ2v) is 4.23. The Morgan fingerprint density at radius 1 is 1.56 bits per heavy atom. The zero-order chi connectivity index (χ0) is 12.0. The van der Waals surface area contributed by atoms with Gasteiger partial charge in [-0.15, -0.1) is 0 Å². The molecule has 4 nitrogen and oxygen atoms in total. The highest BCUT2D eigenvalue weighted by Crippen LogP contribution is 2.16. The lowest BCUT2D eigenvalue weighted by molar-refractivity contribution is -0.145. The fourth-order valence-corrected chi connectivity index (χ4v) is 2.18. The summed E-state index contributed by atoms with van der Waals surface area (Å²) in [5, 5.41) is 0. The molecule has 1 rings (SSSR count). The molecule has 0 radical (unpaired) electrons. The van der Waals surface area contributed by atoms with Gasteiger partial charge in [-0.3, -0.25) is 9.69 Å². The van der Waals surface area contributed by atoms with E-state index >= 15 is 0 Å². The van der Waals surface area contributed by atoms with E-state index in [9.17, 15) is 4.79 Å². The van der Waals surface area contributed by atoms with Crippen LogP contribution in [0.1, 0.15) is 33.6 Å². The molecule has 0 aromatic heterocycles. The summed E-state index contributed by atoms with van der Waals surface area (Å²) >= 11 is 0. The third kappa shape index (κ3) is 3.76. The summed E-state index contributed by atoms with van der Waals surface area (Å²) in [6.07, 6.45) is 1.54. The number of carbonyl (C=O) groups is 1. The lowest BCUT2D eigenvalue weighted by Gasteiger charge is -2.39. The molecule has 0 saturated carbocycles. The van der Waals surface area contributed by atoms with Gasteiger partial charge in [-0.05, 0) is 20.3 Å². The van der Waals surface area contributed by atoms with Gasteiger partial charge < -0.3 is 9.47 Å². The van der Waals surface area contributed by atoms with Gasteiger partial charge in [0.1, 0.15) is 0 Å². The average molecular weight is 229 g/mol. The summed E-state index contributed by atoms with van der Waals surface area (Å²) in [5.74, 6) is -0.101. The Kier molecular flexibility index (Phi) is 5.77. The number of hydrogen-bond acceptors (Lipinski definition) is 4. The first-order valence-electron chi connectivity index (χ1n) is 6.18. The van der Waals surface area contributed by atoms with Crippen LogP contribution < -0.4 is 0 Å². The Morgan fingerprint density at radius 2 is 2.31 bits per heavy atom. The van der Waals surface area contributed by atoms with E-state index in [2.05, 4.69) is 18.7 Å². The molecule has 0 amide bonds. The summed E-state index contributed by atoms with van der Waals surface area (Å²) in [5.41, 5.74) is 0. The van der Waals surface area contributed by atoms with Crippen molar-refractivity contribution in [3.05, 3.63) is 0 Å². The molecule has 2 unspecified atom stereocenters. The average Bonchev–Trinajstić information content (AvgIpc) is 2.29. The highest BCUT2D eigenvalue weighted by Gasteiger charge is 2.27. The van der Waals surface area contributed by atoms with Gasteiger partial charge in [0.25, 0.3) is 0 Å². The minimum atomic E-state index is -0.101. The van der Waals surface area contributed by atoms with E-state index in [0.29, 0.717) is 19.1 Å². The van der Waals surface area contributed by atoms with Crippen LogP contribution in [0.25, 0.3) is 0 Å². The van der Waals surface area contributed by atoms with E-state index in [1.54, 1.807) is 0 Å². The molecule has 1 aliphatic rings. The van der Waals surface area contributed by atoms with Crippen LogP contribution in [-0.2, 0) is 14.3 Å². The molecule has 1 heterocycles. The molecule has 0 spiro atoms. The van der Waals surface area contributed by atoms with E-state index in [4.69, 9.17) is 9.47 Å². The van der Waals surface area contributed by atoms with Crippen molar-refractivity contribution in [1.29, 1.82) is 0 Å². The number of nitrogens with zero attached hydrogens (tertiary/aromatic N) is 1. The van der Waals surface area contributed by atoms with Gasteiger partial charge in [-0.2, -0.15) is 0 Å². The van der Waals surface area contributed by atoms with Crippen LogP contribution in [0.15, 0.2) is 0 Å². The second kappa shape index (κ2) is 6.86. The van der Waals surface area contributed by atoms with E-state index in [-0.39, 0.29) is 12.0 Å². The highest BCUT2D eigenvalue weighted by molar-refractivity contribution is 5.70. The summed E-state index contributed by atoms with van der Waals surface area (Å²) < 4.78 is 10.4. The van der Waals surface area contributed by atoms with Crippen molar-refractivity contribution in [1.82, 2.24) is 4.90 Å². The fourth-order valence-electron chi connectivity index (χ4n) is 2.18. The number of hydrogen-bond donors (Lipinski definition) is 0. The van der Waals surface area contributed by atoms with E-state index in [1.807, 2.05) is 6.92 Å². The van der Waals surface area contributed by atoms with Crippen molar-refractivity contribution in [2.45, 2.75) is 45.7 Å². The topological polar surface area (TPSA) is 38.8 Å². The Morgan fingerprint density at radius 3 is 2.94 bits per heavy atom. The molecule has 4 heteroatoms. The predicted molar refractivity (Wildman–Crippen MR) is 62.3 cm³/mol. The van der Waals surface area contributed by atoms with Crippen LogP contribution in [0.4, 0.5) is 0 Å². The van der Waals surface area contributed by atoms with E-state index in [1.165, 1.54) is 0 Å². The third-order valence-corrected chi connectivity index (χ3v) is 3.08. The Bertz CT molecular complexity index is 220. The van der Waals surface area contributed by atoms with Crippen LogP contribution in [0, 0.1) is 0 Å². The van der Waals surface area contributed by atoms with Crippen LogP contribution in [0.5, 0.6) is 0 Å². The van der Waals surface area contributed by atoms with Crippen LogP contribution in [-0.4, -0.2) is 49.3 Å². The van der Waals surface area contributed by atoms with Crippen molar-refractivity contribution in [2.75, 3.05) is 26.4 Å². The molecular weight excluding hydrogens is 206 g/mol. The smallest absolute Gasteiger partial charge is 0.307 e. The van der Waals surface area contributed by atoms with Gasteiger partial charge in [0.15, 0.2) is 0 Å². The third-order valence-electron chi connectivity index (χ3n) is 3.08. The highest BCUT2D eigenvalue weighted by atomic mass is 16.5. The molecule has 16 heavy (non-hydrogen) atoms. The number of rotatable bonds is 5. The molecule has 2 atom stereocenters. The van der Waals surface area contributed by atoms with Crippen molar-refractivity contribution in [2.24, 2.45) is 0 Å². The van der Waals surface area contributed by atoms with E-state index in [0.717, 1.165) is 26.2 Å². The summed E-state index contributed by atoms with van der Waals surface area (Å²) in [6, 6.07) is 0.686. The summed E-state index contributed by atoms with van der Waals surface area (Å²) in [6.45, 7) is 9.01. The van der Waals surface area contributed by atoms with Crippen molar-refractivity contribution >= 4 is 5.97 Å². The zero-order valence-corrected chi connectivity index (χ0v) is 10.6. The maximum absolute atomic E-state index is 11.4. The van der Waals surface area contributed by atoms with Gasteiger partial charge in [0, 0.05) is 18.6 Å². The quantitative estimate of drug-likeness (QED) is 0.669. The number of esters is 1. The molecule has 1 saturated heterocycles. The molecule has 0 bridgehead atoms. The molecule has 1 aliphatic heterocycles. The lowest BCUT2D eigenvalue weighted by Crippen LogP contribution is -2.50. The van der Waals surface area contributed by atoms with Gasteiger partial charge in [-0.1, -0.05) is 6.92 Å². The first kappa shape index (κ1) is 13.5. The SMILES string of the molecule is CCOC(=O)CC(C)N1CCOCC1CC. The lowest BCUT2D eigenvalue weighted by atomic mass is 10.1. The number of carbonyl (C=O) groups excluding carboxylic acids is 1. The van der Waals surface area contributed by atoms with Crippen molar-refractivity contribution < 1.29 is 14.3 Å². The Balaban J connectivity index is 2.43. The van der Waals surface area contributed by atoms with Gasteiger partial charge in [0.2, 0.25) is 0 Å². The molecular formula is C12H23NO3. The molecule has 94 valence electrons. The zero-order valence-electron chi connectivity index (χ0n) is 10.6. The van der Waals surface area contributed by atoms with E-state index < -0.39 is 0 Å². The fraction of sp³-hybridized carbons (Fsp3) is 0.917. The van der Waals surface area contributed by atoms with Crippen LogP contribution in [0.3, 0.4) is 0 Å². The molecule has 1 fully saturated rings. The van der Waals surface area contributed by atoms with Crippen molar-refractivity contribution in [3.63, 3.8) is 0 Å². The molecule has 0 N–H and O–H groups in total. The van der Waals surface area contributed by atoms with Crippen molar-refractivity contribution in [3.8, 4) is 0 Å². The second-order valence-electron chi connectivity index (χ2n) is 4.23. The molecule has 0 aromatic carbocycles. The normalized spacial score (nSPS) is 24.1. The Labute approximate surface area is 97.9 Å². The summed E-state index contributed by atoms with van der Waals surface area (Å²) in [4.78, 5) is 13.8. The number of ether oxygens (including phenoxy) is 2. The first-order chi connectivity index (χ1) is 7.69. The maximum Gasteiger partial charge on any atom is 0.307 e. The molecule has 0 aliphatic carbocycles. The van der Waals surface area contributed by atoms with Gasteiger partial charge in [-0.25, -0.2) is 0 Å². The Hall–Kier alpha value is -0.610. The maximum atomic E-state index is 11.4. The van der Waals surface area contributed by atoms with Gasteiger partial charge in [0.05, 0.1) is 26.2 Å². The minimum absolute atomic E-state index is 0.101. The van der Waals surface area contributed by atoms with Crippen LogP contribution >= 0.6 is 0 Å². The largest absolute Gasteiger partial charge is 0.466 e. The monoisotopic (exact) mass is 229 g/mol. The van der Waals surface area contributed by atoms with Crippen LogP contribution in [0.2, 0.25) is 0 Å². The summed E-state index contributed by atoms with van der Waals surface area (Å²) in [7, 11) is 0. The first-order valence-corrected chi connectivity index (χ1v) is 6.18. The van der Waals surface area contributed by atoms with Gasteiger partial charge >= 0.3 is 5.97 Å². The minimum Gasteiger partial charge on any atom is -0.466 e.